The number of anilines is 1. The van der Waals surface area contributed by atoms with Crippen LogP contribution in [0.15, 0.2) is 61.1 Å². The minimum atomic E-state index is -0.871. The van der Waals surface area contributed by atoms with Crippen molar-refractivity contribution in [1.82, 2.24) is 24.3 Å². The second-order valence-electron chi connectivity index (χ2n) is 8.92. The Morgan fingerprint density at radius 2 is 1.94 bits per heavy atom. The molecule has 0 radical (unpaired) electrons. The first-order valence-corrected chi connectivity index (χ1v) is 12.6. The third kappa shape index (κ3) is 5.07. The molecule has 0 saturated carbocycles. The molecule has 1 aliphatic heterocycles. The number of imidazole rings is 1. The lowest BCUT2D eigenvalue weighted by atomic mass is 9.84. The second kappa shape index (κ2) is 10.9. The number of aromatic nitrogens is 4. The molecule has 10 heteroatoms. The van der Waals surface area contributed by atoms with E-state index in [1.54, 1.807) is 6.20 Å². The van der Waals surface area contributed by atoms with E-state index < -0.39 is 5.54 Å². The van der Waals surface area contributed by atoms with Crippen molar-refractivity contribution in [3.8, 4) is 11.4 Å². The average Bonchev–Trinajstić information content (AvgIpc) is 3.35. The number of morpholine rings is 1. The van der Waals surface area contributed by atoms with Crippen molar-refractivity contribution in [2.24, 2.45) is 11.5 Å². The van der Waals surface area contributed by atoms with Gasteiger partial charge < -0.3 is 21.5 Å². The van der Waals surface area contributed by atoms with E-state index in [1.807, 2.05) is 59.3 Å². The van der Waals surface area contributed by atoms with Gasteiger partial charge in [0.15, 0.2) is 11.5 Å². The van der Waals surface area contributed by atoms with Crippen LogP contribution in [0.4, 0.5) is 5.82 Å². The van der Waals surface area contributed by atoms with E-state index in [4.69, 9.17) is 32.8 Å². The first-order chi connectivity index (χ1) is 17.6. The fourth-order valence-corrected chi connectivity index (χ4v) is 4.82. The zero-order valence-electron chi connectivity index (χ0n) is 20.1. The average molecular weight is 507 g/mol. The van der Waals surface area contributed by atoms with Gasteiger partial charge in [0.05, 0.1) is 42.0 Å². The molecular weight excluding hydrogens is 476 g/mol. The summed E-state index contributed by atoms with van der Waals surface area (Å²) >= 11 is 6.27. The van der Waals surface area contributed by atoms with E-state index in [-0.39, 0.29) is 0 Å². The van der Waals surface area contributed by atoms with Gasteiger partial charge in [-0.25, -0.2) is 15.0 Å². The molecule has 1 fully saturated rings. The van der Waals surface area contributed by atoms with Gasteiger partial charge in [-0.1, -0.05) is 29.8 Å². The third-order valence-corrected chi connectivity index (χ3v) is 6.83. The van der Waals surface area contributed by atoms with Crippen LogP contribution >= 0.6 is 11.6 Å². The molecule has 188 valence electrons. The number of benzene rings is 1. The number of nitrogens with one attached hydrogen (secondary N) is 1. The SMILES string of the molecule is NCCC(N)(c1cccc(Cl)c1)c1cccc(-c2cnc3c(NCCN4CCOCC4)nccn23)n1. The van der Waals surface area contributed by atoms with Gasteiger partial charge in [-0.05, 0) is 42.8 Å². The number of nitrogens with zero attached hydrogens (tertiary/aromatic N) is 5. The van der Waals surface area contributed by atoms with Crippen molar-refractivity contribution in [1.29, 1.82) is 0 Å². The van der Waals surface area contributed by atoms with E-state index in [9.17, 15) is 0 Å². The van der Waals surface area contributed by atoms with Crippen molar-refractivity contribution < 1.29 is 4.74 Å². The number of hydrogen-bond acceptors (Lipinski definition) is 8. The van der Waals surface area contributed by atoms with Crippen LogP contribution < -0.4 is 16.8 Å². The Morgan fingerprint density at radius 3 is 2.75 bits per heavy atom. The third-order valence-electron chi connectivity index (χ3n) is 6.60. The summed E-state index contributed by atoms with van der Waals surface area (Å²) in [6.45, 7) is 5.60. The fourth-order valence-electron chi connectivity index (χ4n) is 4.63. The summed E-state index contributed by atoms with van der Waals surface area (Å²) in [4.78, 5) is 16.5. The molecule has 1 unspecified atom stereocenters. The molecule has 1 aromatic carbocycles. The van der Waals surface area contributed by atoms with Crippen LogP contribution in [0.2, 0.25) is 5.02 Å². The first-order valence-electron chi connectivity index (χ1n) is 12.2. The molecule has 5 N–H and O–H groups in total. The summed E-state index contributed by atoms with van der Waals surface area (Å²) in [7, 11) is 0. The Hall–Kier alpha value is -3.08. The van der Waals surface area contributed by atoms with Crippen molar-refractivity contribution in [2.75, 3.05) is 51.3 Å². The topological polar surface area (TPSA) is 120 Å². The Kier molecular flexibility index (Phi) is 7.45. The van der Waals surface area contributed by atoms with Gasteiger partial charge in [0.2, 0.25) is 0 Å². The van der Waals surface area contributed by atoms with Gasteiger partial charge in [0.25, 0.3) is 0 Å². The molecular formula is C26H31ClN8O. The highest BCUT2D eigenvalue weighted by Gasteiger charge is 2.31. The van der Waals surface area contributed by atoms with Gasteiger partial charge in [0.1, 0.15) is 0 Å². The van der Waals surface area contributed by atoms with Crippen LogP contribution in [0.3, 0.4) is 0 Å². The maximum absolute atomic E-state index is 6.94. The minimum Gasteiger partial charge on any atom is -0.379 e. The Morgan fingerprint density at radius 1 is 1.11 bits per heavy atom. The van der Waals surface area contributed by atoms with Crippen LogP contribution in [-0.2, 0) is 10.3 Å². The Labute approximate surface area is 215 Å². The predicted octanol–water partition coefficient (Wildman–Crippen LogP) is 2.74. The number of hydrogen-bond donors (Lipinski definition) is 3. The molecule has 0 bridgehead atoms. The highest BCUT2D eigenvalue weighted by molar-refractivity contribution is 6.30. The number of pyridine rings is 1. The summed E-state index contributed by atoms with van der Waals surface area (Å²) in [6, 6.07) is 13.4. The number of nitrogens with two attached hydrogens (primary N) is 2. The van der Waals surface area contributed by atoms with E-state index >= 15 is 0 Å². The monoisotopic (exact) mass is 506 g/mol. The minimum absolute atomic E-state index is 0.412. The molecule has 9 nitrogen and oxygen atoms in total. The van der Waals surface area contributed by atoms with Crippen molar-refractivity contribution in [2.45, 2.75) is 12.0 Å². The Bertz CT molecular complexity index is 1320. The van der Waals surface area contributed by atoms with Crippen molar-refractivity contribution >= 4 is 23.1 Å². The molecule has 0 amide bonds. The first kappa shape index (κ1) is 24.6. The zero-order valence-corrected chi connectivity index (χ0v) is 20.9. The maximum atomic E-state index is 6.94. The standard InChI is InChI=1S/C26H31ClN8O/c27-20-4-1-3-19(17-20)26(29,7-8-28)23-6-2-5-21(33-23)22-18-32-25-24(31-10-12-35(22)25)30-9-11-34-13-15-36-16-14-34/h1-6,10,12,17-18H,7-9,11,13-16,28-29H2,(H,30,31). The molecule has 0 aliphatic carbocycles. The largest absolute Gasteiger partial charge is 0.379 e. The van der Waals surface area contributed by atoms with Crippen LogP contribution in [-0.4, -0.2) is 70.2 Å². The quantitative estimate of drug-likeness (QED) is 0.317. The van der Waals surface area contributed by atoms with Gasteiger partial charge in [-0.2, -0.15) is 0 Å². The number of rotatable bonds is 9. The van der Waals surface area contributed by atoms with E-state index in [0.29, 0.717) is 18.0 Å². The fraction of sp³-hybridized carbons (Fsp3) is 0.346. The molecule has 4 heterocycles. The predicted molar refractivity (Wildman–Crippen MR) is 142 cm³/mol. The van der Waals surface area contributed by atoms with Crippen molar-refractivity contribution in [3.05, 3.63) is 77.3 Å². The van der Waals surface area contributed by atoms with E-state index in [0.717, 1.165) is 73.5 Å². The Balaban J connectivity index is 1.43. The van der Waals surface area contributed by atoms with Crippen LogP contribution in [0.1, 0.15) is 17.7 Å². The molecule has 1 atom stereocenters. The smallest absolute Gasteiger partial charge is 0.180 e. The van der Waals surface area contributed by atoms with Gasteiger partial charge in [0, 0.05) is 43.6 Å². The molecule has 4 aromatic rings. The molecule has 1 aliphatic rings. The van der Waals surface area contributed by atoms with Gasteiger partial charge in [-0.15, -0.1) is 0 Å². The van der Waals surface area contributed by atoms with E-state index in [2.05, 4.69) is 20.2 Å². The van der Waals surface area contributed by atoms with Crippen LogP contribution in [0.25, 0.3) is 17.0 Å². The van der Waals surface area contributed by atoms with Crippen LogP contribution in [0.5, 0.6) is 0 Å². The second-order valence-corrected chi connectivity index (χ2v) is 9.36. The van der Waals surface area contributed by atoms with Crippen LogP contribution in [0, 0.1) is 0 Å². The van der Waals surface area contributed by atoms with Gasteiger partial charge in [-0.3, -0.25) is 9.30 Å². The lowest BCUT2D eigenvalue weighted by Gasteiger charge is -2.29. The highest BCUT2D eigenvalue weighted by Crippen LogP contribution is 2.32. The maximum Gasteiger partial charge on any atom is 0.180 e. The number of halogens is 1. The molecule has 0 spiro atoms. The molecule has 3 aromatic heterocycles. The normalized spacial score (nSPS) is 16.2. The lowest BCUT2D eigenvalue weighted by molar-refractivity contribution is 0.0398. The summed E-state index contributed by atoms with van der Waals surface area (Å²) in [5.74, 6) is 0.739. The lowest BCUT2D eigenvalue weighted by Crippen LogP contribution is -2.41. The molecule has 5 rings (SSSR count). The van der Waals surface area contributed by atoms with Gasteiger partial charge >= 0.3 is 0 Å². The summed E-state index contributed by atoms with van der Waals surface area (Å²) in [5, 5.41) is 4.06. The zero-order chi connectivity index (χ0) is 25.0. The molecule has 1 saturated heterocycles. The van der Waals surface area contributed by atoms with Crippen molar-refractivity contribution in [3.63, 3.8) is 0 Å². The molecule has 36 heavy (non-hydrogen) atoms. The number of ether oxygens (including phenoxy) is 1. The summed E-state index contributed by atoms with van der Waals surface area (Å²) in [6.07, 6.45) is 6.01. The van der Waals surface area contributed by atoms with E-state index in [1.165, 1.54) is 0 Å². The summed E-state index contributed by atoms with van der Waals surface area (Å²) in [5.41, 5.74) is 16.0. The number of fused-ring (bicyclic) bond motifs is 1. The summed E-state index contributed by atoms with van der Waals surface area (Å²) < 4.78 is 7.42. The highest BCUT2D eigenvalue weighted by atomic mass is 35.5.